The number of ether oxygens (including phenoxy) is 1. The second-order valence-electron chi connectivity index (χ2n) is 9.15. The normalized spacial score (nSPS) is 12.2. The number of alkyl carbamates (subject to hydrolysis) is 1. The minimum absolute atomic E-state index is 0.0153. The Kier molecular flexibility index (Phi) is 12.6. The summed E-state index contributed by atoms with van der Waals surface area (Å²) in [5.74, 6) is 3.00. The quantitative estimate of drug-likeness (QED) is 0.221. The van der Waals surface area contributed by atoms with Crippen LogP contribution in [0.15, 0.2) is 48.5 Å². The maximum atomic E-state index is 13.3. The highest BCUT2D eigenvalue weighted by Crippen LogP contribution is 2.32. The van der Waals surface area contributed by atoms with Gasteiger partial charge in [0.2, 0.25) is 5.91 Å². The highest BCUT2D eigenvalue weighted by atomic mass is 19.4. The molecule has 0 unspecified atom stereocenters. The predicted molar refractivity (Wildman–Crippen MR) is 147 cm³/mol. The number of rotatable bonds is 11. The highest BCUT2D eigenvalue weighted by Gasteiger charge is 2.32. The van der Waals surface area contributed by atoms with Crippen molar-refractivity contribution in [1.29, 1.82) is 0 Å². The Balaban J connectivity index is 2.05. The first-order valence-electron chi connectivity index (χ1n) is 12.7. The summed E-state index contributed by atoms with van der Waals surface area (Å²) in [6, 6.07) is 8.86. The van der Waals surface area contributed by atoms with Crippen molar-refractivity contribution in [3.8, 4) is 11.8 Å². The SMILES string of the molecule is CC#C[C@H](O)[C@H](CNC(=O)OCc1ccccc1)NC(=O)CNC(=O)c1cc(C(F)(F)F)ccc1NC(=O)NC(C)C. The molecule has 5 amide bonds. The number of carbonyl (C=O) groups excluding carboxylic acids is 4. The number of amides is 5. The van der Waals surface area contributed by atoms with E-state index in [4.69, 9.17) is 4.74 Å². The molecule has 42 heavy (non-hydrogen) atoms. The number of aliphatic hydroxyl groups is 1. The lowest BCUT2D eigenvalue weighted by Crippen LogP contribution is -2.52. The standard InChI is InChI=1S/C28H32F3N5O6/c1-4-8-23(37)22(14-33-27(41)42-16-18-9-6-5-7-10-18)35-24(38)15-32-25(39)20-13-19(28(29,30)31)11-12-21(20)36-26(40)34-17(2)3/h5-7,9-13,17,22-23,37H,14-16H2,1-3H3,(H,32,39)(H,33,41)(H,35,38)(H2,34,36,40)/t22-,23-/m0/s1. The zero-order chi connectivity index (χ0) is 31.3. The molecule has 0 fully saturated rings. The molecule has 14 heteroatoms. The number of alkyl halides is 3. The summed E-state index contributed by atoms with van der Waals surface area (Å²) in [4.78, 5) is 49.6. The monoisotopic (exact) mass is 591 g/mol. The summed E-state index contributed by atoms with van der Waals surface area (Å²) in [5.41, 5.74) is -1.15. The van der Waals surface area contributed by atoms with Crippen LogP contribution in [-0.2, 0) is 22.3 Å². The van der Waals surface area contributed by atoms with E-state index in [1.54, 1.807) is 44.2 Å². The van der Waals surface area contributed by atoms with Crippen molar-refractivity contribution in [2.75, 3.05) is 18.4 Å². The van der Waals surface area contributed by atoms with Gasteiger partial charge >= 0.3 is 18.3 Å². The molecule has 0 heterocycles. The fourth-order valence-corrected chi connectivity index (χ4v) is 3.41. The summed E-state index contributed by atoms with van der Waals surface area (Å²) in [6.45, 7) is 3.75. The molecule has 0 aromatic heterocycles. The van der Waals surface area contributed by atoms with Crippen molar-refractivity contribution < 1.29 is 42.2 Å². The molecule has 0 aliphatic rings. The molecule has 0 spiro atoms. The summed E-state index contributed by atoms with van der Waals surface area (Å²) in [5, 5.41) is 22.1. The third kappa shape index (κ3) is 11.4. The Morgan fingerprint density at radius 2 is 1.69 bits per heavy atom. The third-order valence-electron chi connectivity index (χ3n) is 5.37. The van der Waals surface area contributed by atoms with Crippen molar-refractivity contribution in [2.24, 2.45) is 0 Å². The summed E-state index contributed by atoms with van der Waals surface area (Å²) >= 11 is 0. The average molecular weight is 592 g/mol. The zero-order valence-corrected chi connectivity index (χ0v) is 23.1. The smallest absolute Gasteiger partial charge is 0.416 e. The van der Waals surface area contributed by atoms with Gasteiger partial charge in [-0.15, -0.1) is 5.92 Å². The van der Waals surface area contributed by atoms with Crippen molar-refractivity contribution >= 4 is 29.6 Å². The van der Waals surface area contributed by atoms with Gasteiger partial charge in [-0.2, -0.15) is 13.2 Å². The fourth-order valence-electron chi connectivity index (χ4n) is 3.41. The van der Waals surface area contributed by atoms with Crippen LogP contribution in [0.25, 0.3) is 0 Å². The minimum atomic E-state index is -4.77. The number of hydrogen-bond acceptors (Lipinski definition) is 6. The van der Waals surface area contributed by atoms with E-state index < -0.39 is 59.9 Å². The van der Waals surface area contributed by atoms with Crippen molar-refractivity contribution in [1.82, 2.24) is 21.3 Å². The number of halogens is 3. The molecule has 2 aromatic carbocycles. The van der Waals surface area contributed by atoms with Crippen molar-refractivity contribution in [2.45, 2.75) is 51.7 Å². The molecule has 2 rings (SSSR count). The van der Waals surface area contributed by atoms with Crippen LogP contribution in [0.1, 0.15) is 42.3 Å². The van der Waals surface area contributed by atoms with E-state index in [2.05, 4.69) is 38.4 Å². The predicted octanol–water partition coefficient (Wildman–Crippen LogP) is 2.76. The molecule has 11 nitrogen and oxygen atoms in total. The molecule has 2 atom stereocenters. The number of carbonyl (C=O) groups is 4. The molecule has 0 aliphatic carbocycles. The van der Waals surface area contributed by atoms with E-state index in [-0.39, 0.29) is 24.9 Å². The van der Waals surface area contributed by atoms with E-state index in [0.29, 0.717) is 12.1 Å². The Labute approximate surface area is 240 Å². The number of hydrogen-bond donors (Lipinski definition) is 6. The molecule has 0 aliphatic heterocycles. The molecule has 0 bridgehead atoms. The molecule has 0 saturated carbocycles. The van der Waals surface area contributed by atoms with Crippen LogP contribution in [0.2, 0.25) is 0 Å². The Morgan fingerprint density at radius 3 is 2.31 bits per heavy atom. The number of nitrogens with one attached hydrogen (secondary N) is 5. The van der Waals surface area contributed by atoms with Crippen LogP contribution in [0, 0.1) is 11.8 Å². The molecule has 6 N–H and O–H groups in total. The third-order valence-corrected chi connectivity index (χ3v) is 5.37. The average Bonchev–Trinajstić information content (AvgIpc) is 2.92. The van der Waals surface area contributed by atoms with Gasteiger partial charge in [-0.1, -0.05) is 36.3 Å². The first-order chi connectivity index (χ1) is 19.8. The number of anilines is 1. The van der Waals surface area contributed by atoms with E-state index in [9.17, 15) is 37.5 Å². The van der Waals surface area contributed by atoms with Crippen LogP contribution in [-0.4, -0.2) is 60.3 Å². The lowest BCUT2D eigenvalue weighted by Gasteiger charge is -2.21. The van der Waals surface area contributed by atoms with Gasteiger partial charge < -0.3 is 36.4 Å². The van der Waals surface area contributed by atoms with Gasteiger partial charge in [0.25, 0.3) is 5.91 Å². The molecule has 0 saturated heterocycles. The van der Waals surface area contributed by atoms with E-state index in [0.717, 1.165) is 11.6 Å². The van der Waals surface area contributed by atoms with E-state index >= 15 is 0 Å². The van der Waals surface area contributed by atoms with Gasteiger partial charge in [0.15, 0.2) is 0 Å². The minimum Gasteiger partial charge on any atom is -0.445 e. The lowest BCUT2D eigenvalue weighted by atomic mass is 10.1. The van der Waals surface area contributed by atoms with Crippen LogP contribution < -0.4 is 26.6 Å². The maximum Gasteiger partial charge on any atom is 0.416 e. The Bertz CT molecular complexity index is 1310. The summed E-state index contributed by atoms with van der Waals surface area (Å²) < 4.78 is 45.0. The van der Waals surface area contributed by atoms with Gasteiger partial charge in [-0.3, -0.25) is 9.59 Å². The van der Waals surface area contributed by atoms with E-state index in [1.165, 1.54) is 6.92 Å². The van der Waals surface area contributed by atoms with Crippen molar-refractivity contribution in [3.63, 3.8) is 0 Å². The molecular weight excluding hydrogens is 559 g/mol. The molecule has 2 aromatic rings. The topological polar surface area (TPSA) is 158 Å². The Hall–Kier alpha value is -4.77. The van der Waals surface area contributed by atoms with Crippen LogP contribution >= 0.6 is 0 Å². The van der Waals surface area contributed by atoms with E-state index in [1.807, 2.05) is 0 Å². The number of benzene rings is 2. The number of urea groups is 1. The first kappa shape index (κ1) is 33.4. The van der Waals surface area contributed by atoms with Crippen LogP contribution in [0.5, 0.6) is 0 Å². The summed E-state index contributed by atoms with van der Waals surface area (Å²) in [6.07, 6.45) is -7.01. The van der Waals surface area contributed by atoms with Gasteiger partial charge in [0, 0.05) is 12.6 Å². The van der Waals surface area contributed by atoms with Gasteiger partial charge in [0.05, 0.1) is 29.4 Å². The lowest BCUT2D eigenvalue weighted by molar-refractivity contribution is -0.137. The summed E-state index contributed by atoms with van der Waals surface area (Å²) in [7, 11) is 0. The van der Waals surface area contributed by atoms with Crippen LogP contribution in [0.4, 0.5) is 28.4 Å². The van der Waals surface area contributed by atoms with Crippen molar-refractivity contribution in [3.05, 3.63) is 65.2 Å². The second-order valence-corrected chi connectivity index (χ2v) is 9.15. The Morgan fingerprint density at radius 1 is 1.00 bits per heavy atom. The zero-order valence-electron chi connectivity index (χ0n) is 23.1. The first-order valence-corrected chi connectivity index (χ1v) is 12.7. The molecule has 226 valence electrons. The molecular formula is C28H32F3N5O6. The molecule has 0 radical (unpaired) electrons. The van der Waals surface area contributed by atoms with Gasteiger partial charge in [-0.05, 0) is 44.5 Å². The van der Waals surface area contributed by atoms with Gasteiger partial charge in [0.1, 0.15) is 12.7 Å². The number of aliphatic hydroxyl groups excluding tert-OH is 1. The highest BCUT2D eigenvalue weighted by molar-refractivity contribution is 6.04. The van der Waals surface area contributed by atoms with Gasteiger partial charge in [-0.25, -0.2) is 9.59 Å². The second kappa shape index (κ2) is 15.9. The van der Waals surface area contributed by atoms with Crippen LogP contribution in [0.3, 0.4) is 0 Å². The fraction of sp³-hybridized carbons (Fsp3) is 0.357. The maximum absolute atomic E-state index is 13.3. The largest absolute Gasteiger partial charge is 0.445 e.